The predicted octanol–water partition coefficient (Wildman–Crippen LogP) is 1.22. The van der Waals surface area contributed by atoms with Crippen molar-refractivity contribution in [3.05, 3.63) is 11.6 Å². The molecule has 1 heterocycles. The van der Waals surface area contributed by atoms with Gasteiger partial charge in [0.15, 0.2) is 0 Å². The Balaban J connectivity index is 2.79. The third kappa shape index (κ3) is 3.52. The van der Waals surface area contributed by atoms with E-state index in [2.05, 4.69) is 15.3 Å². The fourth-order valence-electron chi connectivity index (χ4n) is 1.28. The molecular weight excluding hydrogens is 216 g/mol. The first-order valence-corrected chi connectivity index (χ1v) is 5.61. The number of nitriles is 1. The van der Waals surface area contributed by atoms with Gasteiger partial charge >= 0.3 is 0 Å². The smallest absolute Gasteiger partial charge is 0.262 e. The van der Waals surface area contributed by atoms with Gasteiger partial charge in [0.2, 0.25) is 0 Å². The monoisotopic (exact) mass is 232 g/mol. The van der Waals surface area contributed by atoms with Gasteiger partial charge in [-0.25, -0.2) is 4.99 Å². The fourth-order valence-corrected chi connectivity index (χ4v) is 1.28. The lowest BCUT2D eigenvalue weighted by molar-refractivity contribution is -0.117. The lowest BCUT2D eigenvalue weighted by Gasteiger charge is -2.00. The number of amides is 1. The standard InChI is InChI=1S/C12H16N4O/c1-4-5-14-12(17)10(7-13)6-11-15-8(2)9(3)16-11/h6,8H,4-5H2,1-3H3,(H,14,17)/b10-6-. The van der Waals surface area contributed by atoms with E-state index in [0.717, 1.165) is 12.1 Å². The Bertz CT molecular complexity index is 440. The van der Waals surface area contributed by atoms with Crippen LogP contribution in [0, 0.1) is 11.3 Å². The lowest BCUT2D eigenvalue weighted by atomic mass is 10.2. The molecule has 1 unspecified atom stereocenters. The van der Waals surface area contributed by atoms with Crippen molar-refractivity contribution in [2.75, 3.05) is 6.54 Å². The molecule has 90 valence electrons. The summed E-state index contributed by atoms with van der Waals surface area (Å²) in [6.45, 7) is 6.30. The average molecular weight is 232 g/mol. The maximum absolute atomic E-state index is 11.6. The number of rotatable bonds is 4. The lowest BCUT2D eigenvalue weighted by Crippen LogP contribution is -2.25. The van der Waals surface area contributed by atoms with Gasteiger partial charge in [-0.05, 0) is 20.3 Å². The molecule has 0 radical (unpaired) electrons. The molecule has 0 fully saturated rings. The maximum atomic E-state index is 11.6. The Morgan fingerprint density at radius 1 is 1.65 bits per heavy atom. The van der Waals surface area contributed by atoms with Crippen LogP contribution in [0.5, 0.6) is 0 Å². The van der Waals surface area contributed by atoms with Crippen molar-refractivity contribution in [1.82, 2.24) is 5.32 Å². The topological polar surface area (TPSA) is 77.6 Å². The molecule has 0 saturated carbocycles. The molecule has 1 atom stereocenters. The summed E-state index contributed by atoms with van der Waals surface area (Å²) in [6, 6.07) is 1.89. The number of nitrogens with zero attached hydrogens (tertiary/aromatic N) is 3. The zero-order valence-electron chi connectivity index (χ0n) is 10.3. The Kier molecular flexibility index (Phi) is 4.58. The van der Waals surface area contributed by atoms with Crippen LogP contribution in [0.15, 0.2) is 21.6 Å². The summed E-state index contributed by atoms with van der Waals surface area (Å²) in [5, 5.41) is 11.6. The van der Waals surface area contributed by atoms with Crippen molar-refractivity contribution >= 4 is 17.5 Å². The molecule has 1 rings (SSSR count). The summed E-state index contributed by atoms with van der Waals surface area (Å²) >= 11 is 0. The first kappa shape index (κ1) is 13.1. The van der Waals surface area contributed by atoms with Gasteiger partial charge in [0.1, 0.15) is 17.5 Å². The van der Waals surface area contributed by atoms with E-state index in [1.807, 2.05) is 26.8 Å². The summed E-state index contributed by atoms with van der Waals surface area (Å²) in [7, 11) is 0. The number of aliphatic imine (C=N–C) groups is 2. The van der Waals surface area contributed by atoms with Crippen LogP contribution in [-0.2, 0) is 4.79 Å². The van der Waals surface area contributed by atoms with E-state index in [-0.39, 0.29) is 17.5 Å². The van der Waals surface area contributed by atoms with Crippen molar-refractivity contribution in [2.24, 2.45) is 9.98 Å². The second-order valence-corrected chi connectivity index (χ2v) is 3.84. The molecule has 1 aliphatic heterocycles. The van der Waals surface area contributed by atoms with Gasteiger partial charge in [-0.1, -0.05) is 6.92 Å². The highest BCUT2D eigenvalue weighted by Crippen LogP contribution is 2.07. The minimum atomic E-state index is -0.371. The largest absolute Gasteiger partial charge is 0.351 e. The van der Waals surface area contributed by atoms with Gasteiger partial charge < -0.3 is 5.32 Å². The zero-order chi connectivity index (χ0) is 12.8. The molecule has 0 aliphatic carbocycles. The minimum Gasteiger partial charge on any atom is -0.351 e. The van der Waals surface area contributed by atoms with Crippen LogP contribution in [0.2, 0.25) is 0 Å². The SMILES string of the molecule is CCCNC(=O)/C(C#N)=C\C1=NC(C)C(C)=N1. The minimum absolute atomic E-state index is 0.0277. The van der Waals surface area contributed by atoms with E-state index < -0.39 is 0 Å². The summed E-state index contributed by atoms with van der Waals surface area (Å²) in [5.41, 5.74) is 0.936. The van der Waals surface area contributed by atoms with Crippen LogP contribution in [-0.4, -0.2) is 30.0 Å². The summed E-state index contributed by atoms with van der Waals surface area (Å²) in [5.74, 6) is 0.0719. The molecule has 0 aromatic rings. The van der Waals surface area contributed by atoms with Crippen LogP contribution in [0.1, 0.15) is 27.2 Å². The van der Waals surface area contributed by atoms with Crippen molar-refractivity contribution < 1.29 is 4.79 Å². The number of carbonyl (C=O) groups excluding carboxylic acids is 1. The second kappa shape index (κ2) is 5.94. The highest BCUT2D eigenvalue weighted by atomic mass is 16.1. The molecule has 1 amide bonds. The zero-order valence-corrected chi connectivity index (χ0v) is 10.3. The molecule has 1 N–H and O–H groups in total. The molecule has 0 saturated heterocycles. The summed E-state index contributed by atoms with van der Waals surface area (Å²) in [6.07, 6.45) is 2.26. The Labute approximate surface area is 101 Å². The number of nitrogens with one attached hydrogen (secondary N) is 1. The Hall–Kier alpha value is -1.96. The van der Waals surface area contributed by atoms with E-state index in [0.29, 0.717) is 12.4 Å². The molecule has 5 nitrogen and oxygen atoms in total. The van der Waals surface area contributed by atoms with Crippen molar-refractivity contribution in [3.63, 3.8) is 0 Å². The van der Waals surface area contributed by atoms with E-state index >= 15 is 0 Å². The van der Waals surface area contributed by atoms with Gasteiger partial charge in [-0.15, -0.1) is 0 Å². The molecule has 0 bridgehead atoms. The van der Waals surface area contributed by atoms with Crippen LogP contribution < -0.4 is 5.32 Å². The van der Waals surface area contributed by atoms with Crippen molar-refractivity contribution in [2.45, 2.75) is 33.2 Å². The Morgan fingerprint density at radius 2 is 2.35 bits per heavy atom. The van der Waals surface area contributed by atoms with Gasteiger partial charge in [-0.2, -0.15) is 5.26 Å². The second-order valence-electron chi connectivity index (χ2n) is 3.84. The quantitative estimate of drug-likeness (QED) is 0.584. The number of hydrogen-bond acceptors (Lipinski definition) is 4. The van der Waals surface area contributed by atoms with E-state index in [4.69, 9.17) is 5.26 Å². The predicted molar refractivity (Wildman–Crippen MR) is 67.0 cm³/mol. The molecule has 0 spiro atoms. The highest BCUT2D eigenvalue weighted by Gasteiger charge is 2.15. The van der Waals surface area contributed by atoms with Crippen LogP contribution >= 0.6 is 0 Å². The van der Waals surface area contributed by atoms with E-state index in [1.165, 1.54) is 6.08 Å². The van der Waals surface area contributed by atoms with Crippen LogP contribution in [0.3, 0.4) is 0 Å². The molecular formula is C12H16N4O. The molecule has 17 heavy (non-hydrogen) atoms. The number of hydrogen-bond donors (Lipinski definition) is 1. The van der Waals surface area contributed by atoms with Gasteiger partial charge in [0.25, 0.3) is 5.91 Å². The molecule has 0 aromatic carbocycles. The van der Waals surface area contributed by atoms with Gasteiger partial charge in [0.05, 0.1) is 6.04 Å². The van der Waals surface area contributed by atoms with E-state index in [9.17, 15) is 4.79 Å². The normalized spacial score (nSPS) is 19.4. The third-order valence-corrected chi connectivity index (χ3v) is 2.40. The third-order valence-electron chi connectivity index (χ3n) is 2.40. The first-order valence-electron chi connectivity index (χ1n) is 5.61. The number of carbonyl (C=O) groups is 1. The van der Waals surface area contributed by atoms with Crippen molar-refractivity contribution in [3.8, 4) is 6.07 Å². The highest BCUT2D eigenvalue weighted by molar-refractivity contribution is 6.13. The molecule has 1 aliphatic rings. The Morgan fingerprint density at radius 3 is 2.82 bits per heavy atom. The molecule has 0 aromatic heterocycles. The van der Waals surface area contributed by atoms with Crippen LogP contribution in [0.25, 0.3) is 0 Å². The van der Waals surface area contributed by atoms with E-state index in [1.54, 1.807) is 0 Å². The number of amidine groups is 1. The maximum Gasteiger partial charge on any atom is 0.262 e. The fraction of sp³-hybridized carbons (Fsp3) is 0.500. The summed E-state index contributed by atoms with van der Waals surface area (Å²) < 4.78 is 0. The molecule has 5 heteroatoms. The average Bonchev–Trinajstić information content (AvgIpc) is 2.62. The van der Waals surface area contributed by atoms with Crippen LogP contribution in [0.4, 0.5) is 0 Å². The van der Waals surface area contributed by atoms with Gasteiger partial charge in [-0.3, -0.25) is 9.79 Å². The van der Waals surface area contributed by atoms with Gasteiger partial charge in [0, 0.05) is 18.3 Å². The van der Waals surface area contributed by atoms with Crippen molar-refractivity contribution in [1.29, 1.82) is 5.26 Å². The first-order chi connectivity index (χ1) is 8.08. The summed E-state index contributed by atoms with van der Waals surface area (Å²) in [4.78, 5) is 20.0.